The molecule has 0 bridgehead atoms. The lowest BCUT2D eigenvalue weighted by Gasteiger charge is -2.07. The summed E-state index contributed by atoms with van der Waals surface area (Å²) in [5.41, 5.74) is 1.32. The molecule has 8 nitrogen and oxygen atoms in total. The van der Waals surface area contributed by atoms with Crippen molar-refractivity contribution in [2.45, 2.75) is 26.7 Å². The number of nitrogens with one attached hydrogen (secondary N) is 3. The fraction of sp³-hybridized carbons (Fsp3) is 0.412. The van der Waals surface area contributed by atoms with Crippen LogP contribution in [0.1, 0.15) is 25.8 Å². The van der Waals surface area contributed by atoms with Crippen molar-refractivity contribution in [2.24, 2.45) is 0 Å². The van der Waals surface area contributed by atoms with Crippen LogP contribution in [-0.4, -0.2) is 43.4 Å². The van der Waals surface area contributed by atoms with Gasteiger partial charge in [0.1, 0.15) is 0 Å². The maximum Gasteiger partial charge on any atom is 0.310 e. The summed E-state index contributed by atoms with van der Waals surface area (Å²) in [7, 11) is 0. The Morgan fingerprint density at radius 2 is 1.68 bits per heavy atom. The van der Waals surface area contributed by atoms with Crippen molar-refractivity contribution in [3.63, 3.8) is 0 Å². The second-order valence-electron chi connectivity index (χ2n) is 5.34. The molecule has 0 saturated heterocycles. The molecule has 0 heterocycles. The number of carbonyl (C=O) groups excluding carboxylic acids is 4. The minimum Gasteiger partial charge on any atom is -0.455 e. The van der Waals surface area contributed by atoms with Crippen LogP contribution >= 0.6 is 0 Å². The van der Waals surface area contributed by atoms with Gasteiger partial charge < -0.3 is 20.7 Å². The van der Waals surface area contributed by atoms with Crippen LogP contribution in [0.15, 0.2) is 24.3 Å². The number of esters is 1. The summed E-state index contributed by atoms with van der Waals surface area (Å²) in [5.74, 6) is -1.57. The van der Waals surface area contributed by atoms with Gasteiger partial charge in [-0.3, -0.25) is 19.2 Å². The summed E-state index contributed by atoms with van der Waals surface area (Å²) in [6, 6.07) is 6.71. The number of hydrogen-bond donors (Lipinski definition) is 3. The molecule has 0 saturated carbocycles. The van der Waals surface area contributed by atoms with Crippen molar-refractivity contribution >= 4 is 29.4 Å². The van der Waals surface area contributed by atoms with Gasteiger partial charge in [0.25, 0.3) is 5.91 Å². The summed E-state index contributed by atoms with van der Waals surface area (Å²) >= 11 is 0. The molecule has 0 aliphatic heterocycles. The number of amides is 3. The van der Waals surface area contributed by atoms with Gasteiger partial charge in [-0.15, -0.1) is 0 Å². The molecule has 3 N–H and O–H groups in total. The molecule has 0 unspecified atom stereocenters. The number of benzene rings is 1. The Bertz CT molecular complexity index is 613. The van der Waals surface area contributed by atoms with E-state index in [2.05, 4.69) is 16.0 Å². The van der Waals surface area contributed by atoms with Crippen molar-refractivity contribution in [3.8, 4) is 0 Å². The highest BCUT2D eigenvalue weighted by Crippen LogP contribution is 2.10. The van der Waals surface area contributed by atoms with Crippen LogP contribution in [0.2, 0.25) is 0 Å². The van der Waals surface area contributed by atoms with E-state index in [1.165, 1.54) is 6.92 Å². The fourth-order valence-corrected chi connectivity index (χ4v) is 1.83. The normalized spacial score (nSPS) is 9.84. The molecule has 0 fully saturated rings. The van der Waals surface area contributed by atoms with Gasteiger partial charge in [0.2, 0.25) is 11.8 Å². The topological polar surface area (TPSA) is 114 Å². The average molecular weight is 349 g/mol. The van der Waals surface area contributed by atoms with Gasteiger partial charge in [-0.25, -0.2) is 0 Å². The quantitative estimate of drug-likeness (QED) is 0.558. The van der Waals surface area contributed by atoms with Crippen molar-refractivity contribution in [3.05, 3.63) is 29.8 Å². The van der Waals surface area contributed by atoms with Gasteiger partial charge in [0.15, 0.2) is 6.61 Å². The summed E-state index contributed by atoms with van der Waals surface area (Å²) in [6.07, 6.45) is 0.813. The van der Waals surface area contributed by atoms with E-state index < -0.39 is 18.5 Å². The molecule has 1 aromatic rings. The van der Waals surface area contributed by atoms with E-state index in [0.29, 0.717) is 17.8 Å². The SMILES string of the molecule is CCCNC(=O)CNC(=O)COC(=O)Cc1ccc(NC(C)=O)cc1. The van der Waals surface area contributed by atoms with Crippen LogP contribution in [0.4, 0.5) is 5.69 Å². The molecule has 136 valence electrons. The van der Waals surface area contributed by atoms with Gasteiger partial charge in [0, 0.05) is 19.2 Å². The maximum atomic E-state index is 11.7. The molecule has 3 amide bonds. The van der Waals surface area contributed by atoms with E-state index in [1.807, 2.05) is 6.92 Å². The molecule has 0 aromatic heterocycles. The highest BCUT2D eigenvalue weighted by molar-refractivity contribution is 5.89. The van der Waals surface area contributed by atoms with Crippen LogP contribution in [0.25, 0.3) is 0 Å². The molecule has 0 radical (unpaired) electrons. The van der Waals surface area contributed by atoms with E-state index in [9.17, 15) is 19.2 Å². The fourth-order valence-electron chi connectivity index (χ4n) is 1.83. The molecule has 0 aliphatic carbocycles. The predicted molar refractivity (Wildman–Crippen MR) is 91.7 cm³/mol. The average Bonchev–Trinajstić information content (AvgIpc) is 2.57. The number of hydrogen-bond acceptors (Lipinski definition) is 5. The van der Waals surface area contributed by atoms with E-state index in [-0.39, 0.29) is 24.8 Å². The first kappa shape index (κ1) is 20.1. The summed E-state index contributed by atoms with van der Waals surface area (Å²) in [6.45, 7) is 3.28. The van der Waals surface area contributed by atoms with Crippen LogP contribution in [0.5, 0.6) is 0 Å². The smallest absolute Gasteiger partial charge is 0.310 e. The first-order chi connectivity index (χ1) is 11.9. The van der Waals surface area contributed by atoms with Crippen LogP contribution in [-0.2, 0) is 30.3 Å². The summed E-state index contributed by atoms with van der Waals surface area (Å²) in [5, 5.41) is 7.60. The van der Waals surface area contributed by atoms with E-state index >= 15 is 0 Å². The molecule has 1 aromatic carbocycles. The first-order valence-corrected chi connectivity index (χ1v) is 7.96. The molecule has 25 heavy (non-hydrogen) atoms. The predicted octanol–water partition coefficient (Wildman–Crippen LogP) is 0.373. The lowest BCUT2D eigenvalue weighted by Crippen LogP contribution is -2.39. The Morgan fingerprint density at radius 3 is 2.28 bits per heavy atom. The molecular weight excluding hydrogens is 326 g/mol. The molecule has 1 rings (SSSR count). The molecule has 8 heteroatoms. The Morgan fingerprint density at radius 1 is 1.00 bits per heavy atom. The zero-order valence-corrected chi connectivity index (χ0v) is 14.4. The third-order valence-corrected chi connectivity index (χ3v) is 3.01. The third-order valence-electron chi connectivity index (χ3n) is 3.01. The van der Waals surface area contributed by atoms with Crippen molar-refractivity contribution in [1.82, 2.24) is 10.6 Å². The highest BCUT2D eigenvalue weighted by atomic mass is 16.5. The van der Waals surface area contributed by atoms with Gasteiger partial charge in [-0.05, 0) is 24.1 Å². The standard InChI is InChI=1S/C17H23N3O5/c1-3-8-18-15(22)10-19-16(23)11-25-17(24)9-13-4-6-14(7-5-13)20-12(2)21/h4-7H,3,8-11H2,1-2H3,(H,18,22)(H,19,23)(H,20,21). The summed E-state index contributed by atoms with van der Waals surface area (Å²) in [4.78, 5) is 45.5. The number of ether oxygens (including phenoxy) is 1. The Kier molecular flexibility index (Phi) is 8.70. The zero-order chi connectivity index (χ0) is 18.7. The third kappa shape index (κ3) is 9.09. The Labute approximate surface area is 146 Å². The van der Waals surface area contributed by atoms with Gasteiger partial charge in [-0.2, -0.15) is 0 Å². The molecular formula is C17H23N3O5. The minimum atomic E-state index is -0.558. The Hall–Kier alpha value is -2.90. The number of carbonyl (C=O) groups is 4. The largest absolute Gasteiger partial charge is 0.455 e. The van der Waals surface area contributed by atoms with Crippen molar-refractivity contribution < 1.29 is 23.9 Å². The lowest BCUT2D eigenvalue weighted by atomic mass is 10.1. The number of rotatable bonds is 9. The summed E-state index contributed by atoms with van der Waals surface area (Å²) < 4.78 is 4.86. The molecule has 0 aliphatic rings. The van der Waals surface area contributed by atoms with Crippen molar-refractivity contribution in [1.29, 1.82) is 0 Å². The van der Waals surface area contributed by atoms with Crippen LogP contribution in [0.3, 0.4) is 0 Å². The molecule has 0 spiro atoms. The second kappa shape index (κ2) is 10.8. The monoisotopic (exact) mass is 349 g/mol. The first-order valence-electron chi connectivity index (χ1n) is 7.96. The van der Waals surface area contributed by atoms with Gasteiger partial charge in [0.05, 0.1) is 13.0 Å². The van der Waals surface area contributed by atoms with E-state index in [0.717, 1.165) is 6.42 Å². The van der Waals surface area contributed by atoms with Crippen LogP contribution < -0.4 is 16.0 Å². The maximum absolute atomic E-state index is 11.7. The highest BCUT2D eigenvalue weighted by Gasteiger charge is 2.10. The van der Waals surface area contributed by atoms with E-state index in [4.69, 9.17) is 4.74 Å². The minimum absolute atomic E-state index is 0.00458. The van der Waals surface area contributed by atoms with Crippen molar-refractivity contribution in [2.75, 3.05) is 25.0 Å². The second-order valence-corrected chi connectivity index (χ2v) is 5.34. The van der Waals surface area contributed by atoms with Gasteiger partial charge in [-0.1, -0.05) is 19.1 Å². The Balaban J connectivity index is 2.28. The van der Waals surface area contributed by atoms with E-state index in [1.54, 1.807) is 24.3 Å². The lowest BCUT2D eigenvalue weighted by molar-refractivity contribution is -0.147. The number of anilines is 1. The molecule has 0 atom stereocenters. The van der Waals surface area contributed by atoms with Gasteiger partial charge >= 0.3 is 5.97 Å². The zero-order valence-electron chi connectivity index (χ0n) is 14.4. The van der Waals surface area contributed by atoms with Crippen LogP contribution in [0, 0.1) is 0 Å².